The minimum Gasteiger partial charge on any atom is -0.480 e. The van der Waals surface area contributed by atoms with Crippen molar-refractivity contribution in [3.8, 4) is 0 Å². The van der Waals surface area contributed by atoms with Crippen molar-refractivity contribution in [3.63, 3.8) is 0 Å². The molecule has 4 nitrogen and oxygen atoms in total. The van der Waals surface area contributed by atoms with Crippen molar-refractivity contribution in [2.45, 2.75) is 19.0 Å². The van der Waals surface area contributed by atoms with Crippen LogP contribution in [-0.4, -0.2) is 17.1 Å². The van der Waals surface area contributed by atoms with Crippen LogP contribution in [0.15, 0.2) is 24.3 Å². The van der Waals surface area contributed by atoms with E-state index in [1.54, 1.807) is 0 Å². The van der Waals surface area contributed by atoms with Gasteiger partial charge in [-0.2, -0.15) is 0 Å². The minimum atomic E-state index is -0.983. The van der Waals surface area contributed by atoms with Gasteiger partial charge in [0.15, 0.2) is 0 Å². The number of carbonyl (C=O) groups is 1. The van der Waals surface area contributed by atoms with Gasteiger partial charge in [-0.25, -0.2) is 0 Å². The standard InChI is InChI=1S/C10H14N2O2.2ClH/c11-6-8-3-1-2-7(4-8)5-9(12)10(13)14;;/h1-4,9H,5-6,11-12H2,(H,13,14);2*1H. The fourth-order valence-corrected chi connectivity index (χ4v) is 1.22. The first-order chi connectivity index (χ1) is 6.63. The zero-order valence-corrected chi connectivity index (χ0v) is 10.3. The molecule has 5 N–H and O–H groups in total. The SMILES string of the molecule is Cl.Cl.NCc1cccc(CC(N)C(=O)O)c1. The Morgan fingerprint density at radius 3 is 2.38 bits per heavy atom. The first-order valence-electron chi connectivity index (χ1n) is 4.39. The number of carboxylic acid groups (broad SMARTS) is 1. The summed E-state index contributed by atoms with van der Waals surface area (Å²) in [6, 6.07) is 6.63. The number of nitrogens with two attached hydrogens (primary N) is 2. The Morgan fingerprint density at radius 1 is 1.31 bits per heavy atom. The van der Waals surface area contributed by atoms with Crippen LogP contribution in [-0.2, 0) is 17.8 Å². The molecule has 92 valence electrons. The van der Waals surface area contributed by atoms with E-state index < -0.39 is 12.0 Å². The van der Waals surface area contributed by atoms with Crippen LogP contribution in [0.3, 0.4) is 0 Å². The van der Waals surface area contributed by atoms with Gasteiger partial charge in [-0.1, -0.05) is 24.3 Å². The number of rotatable bonds is 4. The summed E-state index contributed by atoms with van der Waals surface area (Å²) >= 11 is 0. The second kappa shape index (κ2) is 8.35. The molecular formula is C10H16Cl2N2O2. The van der Waals surface area contributed by atoms with Gasteiger partial charge in [0.05, 0.1) is 0 Å². The summed E-state index contributed by atoms with van der Waals surface area (Å²) in [6.45, 7) is 0.455. The Morgan fingerprint density at radius 2 is 1.88 bits per heavy atom. The quantitative estimate of drug-likeness (QED) is 0.757. The van der Waals surface area contributed by atoms with Crippen molar-refractivity contribution in [3.05, 3.63) is 35.4 Å². The molecule has 0 aliphatic rings. The second-order valence-electron chi connectivity index (χ2n) is 3.17. The third-order valence-corrected chi connectivity index (χ3v) is 2.00. The van der Waals surface area contributed by atoms with Crippen molar-refractivity contribution < 1.29 is 9.90 Å². The van der Waals surface area contributed by atoms with Gasteiger partial charge in [0.25, 0.3) is 0 Å². The number of carboxylic acids is 1. The molecule has 0 spiro atoms. The third kappa shape index (κ3) is 5.32. The Balaban J connectivity index is 0. The molecule has 0 saturated heterocycles. The van der Waals surface area contributed by atoms with Crippen molar-refractivity contribution in [1.29, 1.82) is 0 Å². The van der Waals surface area contributed by atoms with Crippen LogP contribution < -0.4 is 11.5 Å². The molecule has 0 heterocycles. The first kappa shape index (κ1) is 17.6. The molecule has 0 aliphatic carbocycles. The molecule has 0 aliphatic heterocycles. The molecule has 1 rings (SSSR count). The highest BCUT2D eigenvalue weighted by Crippen LogP contribution is 2.06. The average Bonchev–Trinajstić information content (AvgIpc) is 2.18. The van der Waals surface area contributed by atoms with E-state index >= 15 is 0 Å². The molecule has 6 heteroatoms. The van der Waals surface area contributed by atoms with Crippen LogP contribution in [0.2, 0.25) is 0 Å². The van der Waals surface area contributed by atoms with E-state index in [2.05, 4.69) is 0 Å². The van der Waals surface area contributed by atoms with E-state index in [9.17, 15) is 4.79 Å². The van der Waals surface area contributed by atoms with E-state index in [1.165, 1.54) is 0 Å². The molecule has 0 saturated carbocycles. The zero-order chi connectivity index (χ0) is 10.6. The van der Waals surface area contributed by atoms with Gasteiger partial charge in [-0.05, 0) is 17.5 Å². The second-order valence-corrected chi connectivity index (χ2v) is 3.17. The molecule has 1 aromatic carbocycles. The lowest BCUT2D eigenvalue weighted by atomic mass is 10.0. The fourth-order valence-electron chi connectivity index (χ4n) is 1.22. The van der Waals surface area contributed by atoms with Crippen molar-refractivity contribution in [2.24, 2.45) is 11.5 Å². The predicted octanol–water partition coefficient (Wildman–Crippen LogP) is 0.943. The lowest BCUT2D eigenvalue weighted by Gasteiger charge is -2.07. The van der Waals surface area contributed by atoms with Gasteiger partial charge >= 0.3 is 5.97 Å². The summed E-state index contributed by atoms with van der Waals surface area (Å²) in [5, 5.41) is 8.62. The van der Waals surface area contributed by atoms with Gasteiger partial charge in [-0.15, -0.1) is 24.8 Å². The molecule has 0 bridgehead atoms. The number of hydrogen-bond donors (Lipinski definition) is 3. The highest BCUT2D eigenvalue weighted by molar-refractivity contribution is 5.85. The topological polar surface area (TPSA) is 89.3 Å². The largest absolute Gasteiger partial charge is 0.480 e. The lowest BCUT2D eigenvalue weighted by molar-refractivity contribution is -0.138. The number of halogens is 2. The van der Waals surface area contributed by atoms with Crippen LogP contribution in [0.5, 0.6) is 0 Å². The monoisotopic (exact) mass is 266 g/mol. The summed E-state index contributed by atoms with van der Waals surface area (Å²) in [5.74, 6) is -0.983. The van der Waals surface area contributed by atoms with E-state index in [-0.39, 0.29) is 24.8 Å². The zero-order valence-electron chi connectivity index (χ0n) is 8.63. The van der Waals surface area contributed by atoms with Gasteiger partial charge in [0, 0.05) is 6.54 Å². The Bertz CT molecular complexity index is 334. The highest BCUT2D eigenvalue weighted by Gasteiger charge is 2.11. The molecular weight excluding hydrogens is 251 g/mol. The molecule has 0 fully saturated rings. The summed E-state index contributed by atoms with van der Waals surface area (Å²) in [7, 11) is 0. The van der Waals surface area contributed by atoms with Crippen molar-refractivity contribution >= 4 is 30.8 Å². The number of hydrogen-bond acceptors (Lipinski definition) is 3. The molecule has 0 aromatic heterocycles. The fraction of sp³-hybridized carbons (Fsp3) is 0.300. The van der Waals surface area contributed by atoms with E-state index in [0.29, 0.717) is 13.0 Å². The van der Waals surface area contributed by atoms with E-state index in [4.69, 9.17) is 16.6 Å². The van der Waals surface area contributed by atoms with Crippen LogP contribution in [0.1, 0.15) is 11.1 Å². The summed E-state index contributed by atoms with van der Waals surface area (Å²) in [5.41, 5.74) is 12.8. The van der Waals surface area contributed by atoms with Gasteiger partial charge in [0.2, 0.25) is 0 Å². The Labute approximate surface area is 107 Å². The molecule has 1 unspecified atom stereocenters. The minimum absolute atomic E-state index is 0. The third-order valence-electron chi connectivity index (χ3n) is 2.00. The maximum atomic E-state index is 10.5. The summed E-state index contributed by atoms with van der Waals surface area (Å²) < 4.78 is 0. The highest BCUT2D eigenvalue weighted by atomic mass is 35.5. The normalized spacial score (nSPS) is 10.9. The predicted molar refractivity (Wildman–Crippen MR) is 68.1 cm³/mol. The summed E-state index contributed by atoms with van der Waals surface area (Å²) in [6.07, 6.45) is 0.336. The van der Waals surface area contributed by atoms with Gasteiger partial charge in [-0.3, -0.25) is 4.79 Å². The molecule has 0 radical (unpaired) electrons. The molecule has 1 aromatic rings. The van der Waals surface area contributed by atoms with Gasteiger partial charge < -0.3 is 16.6 Å². The van der Waals surface area contributed by atoms with Gasteiger partial charge in [0.1, 0.15) is 6.04 Å². The molecule has 1 atom stereocenters. The average molecular weight is 267 g/mol. The maximum absolute atomic E-state index is 10.5. The first-order valence-corrected chi connectivity index (χ1v) is 4.39. The lowest BCUT2D eigenvalue weighted by Crippen LogP contribution is -2.32. The Hall–Kier alpha value is -0.810. The van der Waals surface area contributed by atoms with E-state index in [1.807, 2.05) is 24.3 Å². The molecule has 16 heavy (non-hydrogen) atoms. The Kier molecular flexibility index (Phi) is 9.18. The summed E-state index contributed by atoms with van der Waals surface area (Å²) in [4.78, 5) is 10.5. The smallest absolute Gasteiger partial charge is 0.320 e. The number of benzene rings is 1. The van der Waals surface area contributed by atoms with Crippen LogP contribution in [0.4, 0.5) is 0 Å². The maximum Gasteiger partial charge on any atom is 0.320 e. The van der Waals surface area contributed by atoms with Crippen LogP contribution in [0.25, 0.3) is 0 Å². The van der Waals surface area contributed by atoms with Crippen LogP contribution in [0, 0.1) is 0 Å². The van der Waals surface area contributed by atoms with Crippen molar-refractivity contribution in [1.82, 2.24) is 0 Å². The van der Waals surface area contributed by atoms with Crippen LogP contribution >= 0.6 is 24.8 Å². The molecule has 0 amide bonds. The van der Waals surface area contributed by atoms with Crippen molar-refractivity contribution in [2.75, 3.05) is 0 Å². The van der Waals surface area contributed by atoms with E-state index in [0.717, 1.165) is 11.1 Å². The number of aliphatic carboxylic acids is 1.